The van der Waals surface area contributed by atoms with Crippen molar-refractivity contribution in [3.8, 4) is 0 Å². The molecule has 1 aromatic carbocycles. The molecule has 16 heteroatoms. The number of ether oxygens (including phenoxy) is 1. The van der Waals surface area contributed by atoms with Crippen LogP contribution < -0.4 is 10.2 Å². The number of hydrogen-bond donors (Lipinski definition) is 2. The second-order valence-corrected chi connectivity index (χ2v) is 24.3. The molecule has 0 spiro atoms. The molecule has 4 saturated carbocycles. The van der Waals surface area contributed by atoms with Crippen molar-refractivity contribution >= 4 is 68.0 Å². The van der Waals surface area contributed by atoms with Gasteiger partial charge in [0.1, 0.15) is 11.6 Å². The average molecular weight is 973 g/mol. The minimum absolute atomic E-state index is 0.0174. The third-order valence-electron chi connectivity index (χ3n) is 16.8. The Morgan fingerprint density at radius 2 is 1.60 bits per heavy atom. The molecule has 1 saturated heterocycles. The van der Waals surface area contributed by atoms with E-state index in [1.165, 1.54) is 6.42 Å². The Morgan fingerprint density at radius 1 is 0.857 bits per heavy atom. The first-order chi connectivity index (χ1) is 33.4. The zero-order valence-electron chi connectivity index (χ0n) is 42.2. The number of carboxylic acids is 1. The molecule has 2 N–H and O–H groups in total. The molecule has 6 heterocycles. The molecule has 4 aliphatic carbocycles. The van der Waals surface area contributed by atoms with Crippen molar-refractivity contribution in [1.29, 1.82) is 0 Å². The quantitative estimate of drug-likeness (QED) is 0.0905. The maximum absolute atomic E-state index is 13.2. The fraction of sp³-hybridized carbons (Fsp3) is 0.630. The van der Waals surface area contributed by atoms with Gasteiger partial charge in [-0.15, -0.1) is 10.2 Å². The largest absolute Gasteiger partial charge is 0.477 e. The van der Waals surface area contributed by atoms with Crippen molar-refractivity contribution in [2.45, 2.75) is 148 Å². The number of para-hydroxylation sites is 1. The second-order valence-electron chi connectivity index (χ2n) is 23.3. The Labute approximate surface area is 416 Å². The number of amides is 1. The van der Waals surface area contributed by atoms with Crippen molar-refractivity contribution < 1.29 is 24.2 Å². The highest BCUT2D eigenvalue weighted by Gasteiger charge is 2.67. The number of carbonyl (C=O) groups excluding carboxylic acids is 2. The molecule has 3 aliphatic heterocycles. The van der Waals surface area contributed by atoms with E-state index in [-0.39, 0.29) is 45.1 Å². The highest BCUT2D eigenvalue weighted by Crippen LogP contribution is 2.72. The summed E-state index contributed by atoms with van der Waals surface area (Å²) in [5, 5.41) is 31.7. The first kappa shape index (κ1) is 48.6. The predicted molar refractivity (Wildman–Crippen MR) is 275 cm³/mol. The van der Waals surface area contributed by atoms with Crippen molar-refractivity contribution in [3.05, 3.63) is 58.8 Å². The zero-order chi connectivity index (χ0) is 49.1. The molecule has 11 rings (SSSR count). The summed E-state index contributed by atoms with van der Waals surface area (Å²) >= 11 is 1.58. The van der Waals surface area contributed by atoms with Gasteiger partial charge in [-0.1, -0.05) is 56.2 Å². The van der Waals surface area contributed by atoms with Gasteiger partial charge in [0.05, 0.1) is 28.0 Å². The van der Waals surface area contributed by atoms with Crippen LogP contribution >= 0.6 is 11.3 Å². The molecular weight excluding hydrogens is 901 g/mol. The molecule has 4 aromatic rings. The fourth-order valence-electron chi connectivity index (χ4n) is 14.6. The van der Waals surface area contributed by atoms with Crippen LogP contribution in [0.4, 0.5) is 22.6 Å². The maximum atomic E-state index is 13.2. The van der Waals surface area contributed by atoms with E-state index in [0.717, 1.165) is 136 Å². The highest BCUT2D eigenvalue weighted by atomic mass is 32.1. The van der Waals surface area contributed by atoms with Gasteiger partial charge in [-0.3, -0.25) is 14.7 Å². The first-order valence-corrected chi connectivity index (χ1v) is 26.7. The number of carbonyl (C=O) groups is 3. The lowest BCUT2D eigenvalue weighted by Crippen LogP contribution is -2.66. The van der Waals surface area contributed by atoms with Gasteiger partial charge in [0, 0.05) is 81.9 Å². The Hall–Kier alpha value is -5.06. The number of nitrogens with zero attached hydrogens (tertiary/aromatic N) is 9. The number of benzene rings is 1. The summed E-state index contributed by atoms with van der Waals surface area (Å²) in [4.78, 5) is 53.5. The van der Waals surface area contributed by atoms with Crippen LogP contribution in [0.15, 0.2) is 41.5 Å². The molecule has 5 fully saturated rings. The minimum atomic E-state index is -1.06. The van der Waals surface area contributed by atoms with Crippen LogP contribution in [-0.2, 0) is 20.7 Å². The molecule has 5 atom stereocenters. The van der Waals surface area contributed by atoms with Gasteiger partial charge in [0.15, 0.2) is 22.5 Å². The number of thiazole rings is 1. The predicted octanol–water partition coefficient (Wildman–Crippen LogP) is 9.69. The molecule has 0 radical (unpaired) electrons. The molecule has 70 heavy (non-hydrogen) atoms. The minimum Gasteiger partial charge on any atom is -0.477 e. The van der Waals surface area contributed by atoms with Crippen LogP contribution in [0.5, 0.6) is 0 Å². The second kappa shape index (κ2) is 18.8. The number of aromatic nitrogens is 4. The van der Waals surface area contributed by atoms with E-state index in [0.29, 0.717) is 49.0 Å². The Bertz CT molecular complexity index is 2630. The number of ketones is 1. The number of nitrogens with one attached hydrogen (secondary N) is 1. The lowest BCUT2D eigenvalue weighted by atomic mass is 9.39. The number of hydrazone groups is 1. The number of Topliss-reactive ketones (excluding diaryl/α,β-unsaturated/α-hetero) is 1. The molecule has 3 aromatic heterocycles. The number of rotatable bonds is 18. The number of aromatic carboxylic acids is 1. The van der Waals surface area contributed by atoms with Gasteiger partial charge in [0.25, 0.3) is 0 Å². The third kappa shape index (κ3) is 9.68. The summed E-state index contributed by atoms with van der Waals surface area (Å²) in [5.74, 6) is 1.08. The third-order valence-corrected chi connectivity index (χ3v) is 17.7. The standard InChI is InChI=1S/C54H72N10O5S/c1-36(65)14-9-7-8-10-18-44(66)62-24-22-61(23-25-62)26-27-69-54-32-51(5)29-52(6,33-54)31-53(30-51,34-54)35-64-50(3,4)40(28-55-64)39-19-20-43(57-45(39)48(67)68)63-21-13-15-38-37(2)46(59-60-47(38)63)58-49-56-41-16-11-12-17-42(41)70-49/h11-12,16-17,19-20,28,40H,7-10,13-15,18,21-27,29-35H2,1-6H3,(H,67,68)(H,56,58,59)/t40?,51-,52+,53?,54?. The zero-order valence-corrected chi connectivity index (χ0v) is 43.0. The SMILES string of the molecule is CC(=O)CCCCCCC(=O)N1CCN(CCOC23CC4(CN5N=CC(c6ccc(N7CCCc8c7nnc(Nc7nc9ccccc9s7)c8C)nc6C(=O)O)C5(C)C)C[C@@](C)(C2)C[C@](C)(C4)C3)CC1. The van der Waals surface area contributed by atoms with E-state index in [1.54, 1.807) is 18.3 Å². The van der Waals surface area contributed by atoms with Gasteiger partial charge in [-0.2, -0.15) is 5.10 Å². The summed E-state index contributed by atoms with van der Waals surface area (Å²) in [5.41, 5.74) is 3.38. The molecule has 3 unspecified atom stereocenters. The summed E-state index contributed by atoms with van der Waals surface area (Å²) in [6.45, 7) is 19.3. The Morgan fingerprint density at radius 3 is 2.33 bits per heavy atom. The summed E-state index contributed by atoms with van der Waals surface area (Å²) in [6, 6.07) is 11.9. The summed E-state index contributed by atoms with van der Waals surface area (Å²) < 4.78 is 8.26. The van der Waals surface area contributed by atoms with Crippen LogP contribution in [0.25, 0.3) is 10.2 Å². The van der Waals surface area contributed by atoms with Gasteiger partial charge in [0.2, 0.25) is 5.91 Å². The van der Waals surface area contributed by atoms with E-state index in [2.05, 4.69) is 61.0 Å². The molecule has 7 aliphatic rings. The van der Waals surface area contributed by atoms with Crippen molar-refractivity contribution in [3.63, 3.8) is 0 Å². The molecule has 4 bridgehead atoms. The smallest absolute Gasteiger partial charge is 0.354 e. The monoisotopic (exact) mass is 973 g/mol. The fourth-order valence-corrected chi connectivity index (χ4v) is 15.4. The average Bonchev–Trinajstić information content (AvgIpc) is 3.84. The van der Waals surface area contributed by atoms with E-state index in [1.807, 2.05) is 46.3 Å². The number of unbranched alkanes of at least 4 members (excludes halogenated alkanes) is 3. The van der Waals surface area contributed by atoms with Crippen LogP contribution in [0.2, 0.25) is 0 Å². The highest BCUT2D eigenvalue weighted by molar-refractivity contribution is 7.22. The van der Waals surface area contributed by atoms with Crippen LogP contribution in [0.3, 0.4) is 0 Å². The lowest BCUT2D eigenvalue weighted by molar-refractivity contribution is -0.250. The van der Waals surface area contributed by atoms with Gasteiger partial charge >= 0.3 is 5.97 Å². The topological polar surface area (TPSA) is 170 Å². The van der Waals surface area contributed by atoms with E-state index in [9.17, 15) is 19.5 Å². The molecule has 1 amide bonds. The van der Waals surface area contributed by atoms with Crippen molar-refractivity contribution in [2.75, 3.05) is 62.6 Å². The molecular formula is C54H72N10O5S. The number of carboxylic acid groups (broad SMARTS) is 1. The van der Waals surface area contributed by atoms with Crippen molar-refractivity contribution in [1.82, 2.24) is 35.0 Å². The lowest BCUT2D eigenvalue weighted by Gasteiger charge is -2.69. The summed E-state index contributed by atoms with van der Waals surface area (Å²) in [7, 11) is 0. The Balaban J connectivity index is 0.785. The number of piperazine rings is 1. The van der Waals surface area contributed by atoms with Crippen LogP contribution in [0, 0.1) is 23.2 Å². The number of fused-ring (bicyclic) bond motifs is 2. The summed E-state index contributed by atoms with van der Waals surface area (Å²) in [6.07, 6.45) is 15.4. The van der Waals surface area contributed by atoms with E-state index < -0.39 is 11.5 Å². The Kier molecular flexibility index (Phi) is 13.1. The normalized spacial score (nSPS) is 27.9. The van der Waals surface area contributed by atoms with Gasteiger partial charge in [-0.25, -0.2) is 14.8 Å². The number of pyridine rings is 1. The van der Waals surface area contributed by atoms with E-state index in [4.69, 9.17) is 24.9 Å². The van der Waals surface area contributed by atoms with Gasteiger partial charge in [-0.05, 0) is 132 Å². The molecule has 15 nitrogen and oxygen atoms in total. The maximum Gasteiger partial charge on any atom is 0.354 e. The van der Waals surface area contributed by atoms with E-state index >= 15 is 0 Å². The van der Waals surface area contributed by atoms with Gasteiger partial charge < -0.3 is 29.8 Å². The number of hydrogen-bond acceptors (Lipinski definition) is 14. The van der Waals surface area contributed by atoms with Crippen LogP contribution in [-0.4, -0.2) is 128 Å². The van der Waals surface area contributed by atoms with Crippen molar-refractivity contribution in [2.24, 2.45) is 21.3 Å². The van der Waals surface area contributed by atoms with Crippen LogP contribution in [0.1, 0.15) is 151 Å². The first-order valence-electron chi connectivity index (χ1n) is 25.9. The molecule has 374 valence electrons. The number of anilines is 4.